The van der Waals surface area contributed by atoms with Crippen molar-refractivity contribution in [3.05, 3.63) is 53.1 Å². The molecule has 0 aliphatic heterocycles. The van der Waals surface area contributed by atoms with Crippen molar-refractivity contribution in [2.24, 2.45) is 0 Å². The summed E-state index contributed by atoms with van der Waals surface area (Å²) in [7, 11) is 0. The van der Waals surface area contributed by atoms with Crippen LogP contribution in [0, 0.1) is 13.8 Å². The second-order valence-electron chi connectivity index (χ2n) is 4.43. The number of rotatable bonds is 3. The third-order valence-electron chi connectivity index (χ3n) is 2.80. The van der Waals surface area contributed by atoms with Gasteiger partial charge in [0.1, 0.15) is 0 Å². The molecule has 0 unspecified atom stereocenters. The van der Waals surface area contributed by atoms with Gasteiger partial charge in [-0.05, 0) is 49.2 Å². The highest BCUT2D eigenvalue weighted by molar-refractivity contribution is 7.99. The van der Waals surface area contributed by atoms with Gasteiger partial charge >= 0.3 is 5.97 Å². The molecule has 0 fully saturated rings. The van der Waals surface area contributed by atoms with E-state index >= 15 is 0 Å². The van der Waals surface area contributed by atoms with Crippen LogP contribution in [0.15, 0.2) is 46.2 Å². The lowest BCUT2D eigenvalue weighted by atomic mass is 10.2. The molecule has 2 aromatic rings. The van der Waals surface area contributed by atoms with Crippen molar-refractivity contribution < 1.29 is 9.90 Å². The summed E-state index contributed by atoms with van der Waals surface area (Å²) in [5, 5.41) is 9.22. The molecule has 2 rings (SSSR count). The second-order valence-corrected chi connectivity index (χ2v) is 5.52. The summed E-state index contributed by atoms with van der Waals surface area (Å²) in [6.07, 6.45) is 0. The number of aromatic carboxylic acids is 1. The monoisotopic (exact) mass is 273 g/mol. The Labute approximate surface area is 116 Å². The first-order valence-corrected chi connectivity index (χ1v) is 6.67. The Bertz CT molecular complexity index is 638. The van der Waals surface area contributed by atoms with E-state index in [2.05, 4.69) is 6.07 Å². The number of hydrogen-bond donors (Lipinski definition) is 2. The van der Waals surface area contributed by atoms with Gasteiger partial charge in [0.25, 0.3) is 0 Å². The average molecular weight is 273 g/mol. The van der Waals surface area contributed by atoms with E-state index < -0.39 is 5.97 Å². The number of carboxylic acid groups (broad SMARTS) is 1. The number of anilines is 1. The van der Waals surface area contributed by atoms with Crippen LogP contribution in [0.25, 0.3) is 0 Å². The van der Waals surface area contributed by atoms with Gasteiger partial charge < -0.3 is 10.8 Å². The van der Waals surface area contributed by atoms with Gasteiger partial charge in [-0.3, -0.25) is 0 Å². The highest BCUT2D eigenvalue weighted by atomic mass is 32.2. The summed E-state index contributed by atoms with van der Waals surface area (Å²) in [6.45, 7) is 4.03. The molecule has 19 heavy (non-hydrogen) atoms. The first-order valence-electron chi connectivity index (χ1n) is 5.85. The van der Waals surface area contributed by atoms with E-state index in [-0.39, 0.29) is 5.56 Å². The molecule has 4 heteroatoms. The van der Waals surface area contributed by atoms with Crippen molar-refractivity contribution in [2.75, 3.05) is 5.73 Å². The molecule has 0 atom stereocenters. The molecule has 3 N–H and O–H groups in total. The summed E-state index contributed by atoms with van der Waals surface area (Å²) >= 11 is 1.46. The molecule has 2 aromatic carbocycles. The van der Waals surface area contributed by atoms with E-state index in [0.29, 0.717) is 10.6 Å². The Morgan fingerprint density at radius 3 is 2.53 bits per heavy atom. The summed E-state index contributed by atoms with van der Waals surface area (Å²) in [5.74, 6) is -0.958. The number of nitrogen functional groups attached to an aromatic ring is 1. The third kappa shape index (κ3) is 3.09. The fourth-order valence-corrected chi connectivity index (χ4v) is 2.84. The third-order valence-corrected chi connectivity index (χ3v) is 4.03. The molecule has 98 valence electrons. The molecule has 0 bridgehead atoms. The molecule has 3 nitrogen and oxygen atoms in total. The van der Waals surface area contributed by atoms with Gasteiger partial charge in [0, 0.05) is 15.5 Å². The quantitative estimate of drug-likeness (QED) is 0.836. The van der Waals surface area contributed by atoms with Crippen LogP contribution in [0.2, 0.25) is 0 Å². The van der Waals surface area contributed by atoms with Gasteiger partial charge in [-0.2, -0.15) is 0 Å². The summed E-state index contributed by atoms with van der Waals surface area (Å²) < 4.78 is 0. The van der Waals surface area contributed by atoms with Crippen LogP contribution in [-0.4, -0.2) is 11.1 Å². The van der Waals surface area contributed by atoms with E-state index in [4.69, 9.17) is 5.73 Å². The van der Waals surface area contributed by atoms with Crippen LogP contribution in [0.5, 0.6) is 0 Å². The van der Waals surface area contributed by atoms with Crippen LogP contribution < -0.4 is 5.73 Å². The van der Waals surface area contributed by atoms with Gasteiger partial charge in [-0.1, -0.05) is 23.9 Å². The number of benzene rings is 2. The SMILES string of the molecule is Cc1ccc(C)c(Sc2ccc(N)cc2C(=O)O)c1. The largest absolute Gasteiger partial charge is 0.478 e. The number of hydrogen-bond acceptors (Lipinski definition) is 3. The summed E-state index contributed by atoms with van der Waals surface area (Å²) in [4.78, 5) is 13.0. The van der Waals surface area contributed by atoms with Gasteiger partial charge in [0.15, 0.2) is 0 Å². The van der Waals surface area contributed by atoms with E-state index in [1.807, 2.05) is 26.0 Å². The van der Waals surface area contributed by atoms with Gasteiger partial charge in [-0.25, -0.2) is 4.79 Å². The van der Waals surface area contributed by atoms with Crippen LogP contribution in [0.3, 0.4) is 0 Å². The average Bonchev–Trinajstić information content (AvgIpc) is 2.35. The standard InChI is InChI=1S/C15H15NO2S/c1-9-3-4-10(2)14(7-9)19-13-6-5-11(16)8-12(13)15(17)18/h3-8H,16H2,1-2H3,(H,17,18). The molecule has 0 aliphatic rings. The van der Waals surface area contributed by atoms with Crippen LogP contribution in [0.4, 0.5) is 5.69 Å². The van der Waals surface area contributed by atoms with E-state index in [1.54, 1.807) is 12.1 Å². The first-order chi connectivity index (χ1) is 8.97. The molecule has 0 heterocycles. The second kappa shape index (κ2) is 5.36. The fourth-order valence-electron chi connectivity index (χ4n) is 1.74. The van der Waals surface area contributed by atoms with E-state index in [1.165, 1.54) is 17.8 Å². The zero-order valence-electron chi connectivity index (χ0n) is 10.8. The van der Waals surface area contributed by atoms with Crippen molar-refractivity contribution >= 4 is 23.4 Å². The molecule has 0 saturated heterocycles. The zero-order chi connectivity index (χ0) is 14.0. The highest BCUT2D eigenvalue weighted by Crippen LogP contribution is 2.34. The van der Waals surface area contributed by atoms with E-state index in [0.717, 1.165) is 16.0 Å². The van der Waals surface area contributed by atoms with E-state index in [9.17, 15) is 9.90 Å². The molecular weight excluding hydrogens is 258 g/mol. The zero-order valence-corrected chi connectivity index (χ0v) is 11.6. The number of aryl methyl sites for hydroxylation is 2. The lowest BCUT2D eigenvalue weighted by Gasteiger charge is -2.09. The summed E-state index contributed by atoms with van der Waals surface area (Å²) in [6, 6.07) is 11.1. The van der Waals surface area contributed by atoms with Crippen LogP contribution in [-0.2, 0) is 0 Å². The number of carboxylic acids is 1. The number of nitrogens with two attached hydrogens (primary N) is 1. The van der Waals surface area contributed by atoms with Crippen molar-refractivity contribution in [3.8, 4) is 0 Å². The molecule has 0 amide bonds. The Kier molecular flexibility index (Phi) is 3.81. The minimum atomic E-state index is -0.958. The van der Waals surface area contributed by atoms with Crippen LogP contribution in [0.1, 0.15) is 21.5 Å². The minimum Gasteiger partial charge on any atom is -0.478 e. The Morgan fingerprint density at radius 2 is 1.84 bits per heavy atom. The Morgan fingerprint density at radius 1 is 1.11 bits per heavy atom. The smallest absolute Gasteiger partial charge is 0.336 e. The maximum absolute atomic E-state index is 11.2. The Balaban J connectivity index is 2.43. The molecule has 0 aromatic heterocycles. The predicted octanol–water partition coefficient (Wildman–Crippen LogP) is 3.74. The van der Waals surface area contributed by atoms with Gasteiger partial charge in [0.05, 0.1) is 5.56 Å². The normalized spacial score (nSPS) is 10.4. The highest BCUT2D eigenvalue weighted by Gasteiger charge is 2.12. The molecule has 0 saturated carbocycles. The predicted molar refractivity (Wildman–Crippen MR) is 77.9 cm³/mol. The van der Waals surface area contributed by atoms with Crippen molar-refractivity contribution in [1.29, 1.82) is 0 Å². The summed E-state index contributed by atoms with van der Waals surface area (Å²) in [5.41, 5.74) is 8.62. The molecule has 0 spiro atoms. The maximum atomic E-state index is 11.2. The number of carbonyl (C=O) groups is 1. The lowest BCUT2D eigenvalue weighted by molar-refractivity contribution is 0.0693. The Hall–Kier alpha value is -1.94. The maximum Gasteiger partial charge on any atom is 0.336 e. The first kappa shape index (κ1) is 13.5. The molecule has 0 aliphatic carbocycles. The van der Waals surface area contributed by atoms with Crippen molar-refractivity contribution in [1.82, 2.24) is 0 Å². The molecule has 0 radical (unpaired) electrons. The molecular formula is C15H15NO2S. The van der Waals surface area contributed by atoms with Crippen molar-refractivity contribution in [2.45, 2.75) is 23.6 Å². The minimum absolute atomic E-state index is 0.242. The van der Waals surface area contributed by atoms with Crippen LogP contribution >= 0.6 is 11.8 Å². The van der Waals surface area contributed by atoms with Gasteiger partial charge in [-0.15, -0.1) is 0 Å². The van der Waals surface area contributed by atoms with Crippen molar-refractivity contribution in [3.63, 3.8) is 0 Å². The lowest BCUT2D eigenvalue weighted by Crippen LogP contribution is -2.00. The topological polar surface area (TPSA) is 63.3 Å². The van der Waals surface area contributed by atoms with Gasteiger partial charge in [0.2, 0.25) is 0 Å². The fraction of sp³-hybridized carbons (Fsp3) is 0.133.